The Morgan fingerprint density at radius 1 is 0.842 bits per heavy atom. The summed E-state index contributed by atoms with van der Waals surface area (Å²) in [6.07, 6.45) is 8.63. The van der Waals surface area contributed by atoms with Gasteiger partial charge in [0, 0.05) is 31.5 Å². The topological polar surface area (TPSA) is 60.8 Å². The molecule has 0 aromatic heterocycles. The third-order valence-corrected chi connectivity index (χ3v) is 8.78. The van der Waals surface area contributed by atoms with E-state index >= 15 is 0 Å². The Hall–Kier alpha value is -2.35. The first kappa shape index (κ1) is 28.7. The van der Waals surface area contributed by atoms with Crippen LogP contribution in [0.2, 0.25) is 0 Å². The van der Waals surface area contributed by atoms with Gasteiger partial charge < -0.3 is 14.7 Å². The van der Waals surface area contributed by atoms with Gasteiger partial charge in [-0.25, -0.2) is 8.78 Å². The van der Waals surface area contributed by atoms with Gasteiger partial charge in [0.1, 0.15) is 18.2 Å². The number of aliphatic hydroxyl groups excluding tert-OH is 1. The molecule has 2 unspecified atom stereocenters. The number of hydrogen-bond acceptors (Lipinski definition) is 3. The first-order valence-corrected chi connectivity index (χ1v) is 14.4. The molecule has 4 rings (SSSR count). The van der Waals surface area contributed by atoms with Crippen molar-refractivity contribution in [3.8, 4) is 0 Å². The maximum atomic E-state index is 14.3. The zero-order valence-corrected chi connectivity index (χ0v) is 22.5. The summed E-state index contributed by atoms with van der Waals surface area (Å²) in [5.41, 5.74) is 3.28. The number of carboxylic acid groups (broad SMARTS) is 1. The van der Waals surface area contributed by atoms with Gasteiger partial charge in [0.15, 0.2) is 0 Å². The fourth-order valence-corrected chi connectivity index (χ4v) is 6.58. The van der Waals surface area contributed by atoms with Gasteiger partial charge in [0.25, 0.3) is 0 Å². The van der Waals surface area contributed by atoms with E-state index in [0.29, 0.717) is 0 Å². The number of benzene rings is 2. The first-order valence-electron chi connectivity index (χ1n) is 14.4. The van der Waals surface area contributed by atoms with Crippen LogP contribution in [0.4, 0.5) is 8.78 Å². The van der Waals surface area contributed by atoms with Gasteiger partial charge in [0.2, 0.25) is 0 Å². The minimum Gasteiger partial charge on any atom is -0.481 e. The van der Waals surface area contributed by atoms with Crippen LogP contribution in [0.15, 0.2) is 42.5 Å². The average molecular weight is 530 g/mol. The van der Waals surface area contributed by atoms with Gasteiger partial charge in [-0.15, -0.1) is 0 Å². The van der Waals surface area contributed by atoms with E-state index in [1.165, 1.54) is 31.0 Å². The maximum absolute atomic E-state index is 14.3. The summed E-state index contributed by atoms with van der Waals surface area (Å²) in [6, 6.07) is 12.0. The smallest absolute Gasteiger partial charge is 0.303 e. The average Bonchev–Trinajstić information content (AvgIpc) is 3.27. The van der Waals surface area contributed by atoms with Crippen LogP contribution >= 0.6 is 0 Å². The number of aliphatic hydroxyl groups is 1. The Morgan fingerprint density at radius 2 is 1.47 bits per heavy atom. The summed E-state index contributed by atoms with van der Waals surface area (Å²) in [6.45, 7) is 5.84. The number of rotatable bonds is 14. The van der Waals surface area contributed by atoms with Crippen molar-refractivity contribution < 1.29 is 28.3 Å². The third kappa shape index (κ3) is 7.39. The molecule has 2 aliphatic rings. The van der Waals surface area contributed by atoms with E-state index in [-0.39, 0.29) is 36.6 Å². The molecule has 1 saturated heterocycles. The van der Waals surface area contributed by atoms with Crippen LogP contribution in [0.25, 0.3) is 0 Å². The molecule has 2 N–H and O–H groups in total. The molecule has 7 heteroatoms. The molecule has 38 heavy (non-hydrogen) atoms. The normalized spacial score (nSPS) is 20.9. The Bertz CT molecular complexity index is 1040. The highest BCUT2D eigenvalue weighted by atomic mass is 19.1. The highest BCUT2D eigenvalue weighted by Gasteiger charge is 2.40. The summed E-state index contributed by atoms with van der Waals surface area (Å²) >= 11 is 0. The molecular weight excluding hydrogens is 486 g/mol. The van der Waals surface area contributed by atoms with Crippen LogP contribution in [-0.2, 0) is 4.79 Å². The molecule has 2 atom stereocenters. The highest BCUT2D eigenvalue weighted by Crippen LogP contribution is 2.47. The molecule has 0 bridgehead atoms. The lowest BCUT2D eigenvalue weighted by atomic mass is 9.93. The largest absolute Gasteiger partial charge is 0.481 e. The van der Waals surface area contributed by atoms with Crippen molar-refractivity contribution in [3.05, 3.63) is 70.8 Å². The van der Waals surface area contributed by atoms with E-state index < -0.39 is 5.97 Å². The van der Waals surface area contributed by atoms with Gasteiger partial charge in [-0.1, -0.05) is 43.9 Å². The zero-order valence-electron chi connectivity index (χ0n) is 22.5. The van der Waals surface area contributed by atoms with Crippen molar-refractivity contribution in [2.75, 3.05) is 45.9 Å². The molecule has 1 fully saturated rings. The number of carbonyl (C=O) groups is 1. The number of aliphatic carboxylic acids is 1. The maximum Gasteiger partial charge on any atom is 0.303 e. The summed E-state index contributed by atoms with van der Waals surface area (Å²) < 4.78 is 28.8. The lowest BCUT2D eigenvalue weighted by Gasteiger charge is -2.46. The van der Waals surface area contributed by atoms with E-state index in [4.69, 9.17) is 5.11 Å². The number of hydrogen-bond donors (Lipinski definition) is 2. The molecule has 2 aromatic rings. The highest BCUT2D eigenvalue weighted by molar-refractivity contribution is 5.66. The van der Waals surface area contributed by atoms with Crippen LogP contribution in [0.3, 0.4) is 0 Å². The van der Waals surface area contributed by atoms with Crippen molar-refractivity contribution in [3.63, 3.8) is 0 Å². The molecular formula is C31H43F2N2O3+. The number of unbranched alkanes of at least 4 members (excludes halogenated alkanes) is 6. The third-order valence-electron chi connectivity index (χ3n) is 8.78. The molecule has 0 spiro atoms. The second-order valence-corrected chi connectivity index (χ2v) is 11.2. The van der Waals surface area contributed by atoms with E-state index in [0.717, 1.165) is 99.0 Å². The number of fused-ring (bicyclic) bond motifs is 1. The van der Waals surface area contributed by atoms with Crippen molar-refractivity contribution in [2.24, 2.45) is 0 Å². The summed E-state index contributed by atoms with van der Waals surface area (Å²) in [5, 5.41) is 18.6. The van der Waals surface area contributed by atoms with E-state index in [2.05, 4.69) is 4.90 Å². The molecule has 1 heterocycles. The fourth-order valence-electron chi connectivity index (χ4n) is 6.58. The number of quaternary nitrogens is 1. The van der Waals surface area contributed by atoms with Crippen LogP contribution in [0.5, 0.6) is 0 Å². The molecule has 1 aliphatic heterocycles. The number of halogens is 2. The number of carboxylic acids is 1. The second-order valence-electron chi connectivity index (χ2n) is 11.2. The van der Waals surface area contributed by atoms with Crippen LogP contribution in [0, 0.1) is 11.6 Å². The molecule has 2 aromatic carbocycles. The predicted octanol–water partition coefficient (Wildman–Crippen LogP) is 5.87. The fraction of sp³-hybridized carbons (Fsp3) is 0.581. The predicted molar refractivity (Wildman–Crippen MR) is 145 cm³/mol. The lowest BCUT2D eigenvalue weighted by molar-refractivity contribution is -0.932. The molecule has 5 nitrogen and oxygen atoms in total. The Morgan fingerprint density at radius 3 is 2.13 bits per heavy atom. The van der Waals surface area contributed by atoms with Crippen LogP contribution in [0.1, 0.15) is 86.4 Å². The minimum absolute atomic E-state index is 0.138. The van der Waals surface area contributed by atoms with Gasteiger partial charge in [-0.3, -0.25) is 9.69 Å². The van der Waals surface area contributed by atoms with Crippen molar-refractivity contribution in [2.45, 2.75) is 69.7 Å². The molecule has 0 saturated carbocycles. The van der Waals surface area contributed by atoms with Gasteiger partial charge in [-0.2, -0.15) is 0 Å². The van der Waals surface area contributed by atoms with E-state index in [1.54, 1.807) is 6.07 Å². The SMILES string of the molecule is O=C(O)CCCCCCCCC[N+]1(CCO)CCN(C2CC(c3ccc(F)cc3)c3ccc(F)cc32)CC1. The minimum atomic E-state index is -0.708. The molecule has 0 amide bonds. The Kier molecular flexibility index (Phi) is 10.3. The second kappa shape index (κ2) is 13.6. The van der Waals surface area contributed by atoms with E-state index in [9.17, 15) is 18.7 Å². The lowest BCUT2D eigenvalue weighted by Crippen LogP contribution is -2.61. The number of nitrogens with zero attached hydrogens (tertiary/aromatic N) is 2. The quantitative estimate of drug-likeness (QED) is 0.237. The molecule has 0 radical (unpaired) electrons. The van der Waals surface area contributed by atoms with Crippen molar-refractivity contribution in [1.29, 1.82) is 0 Å². The number of piperazine rings is 1. The standard InChI is InChI=1S/C31H42F2N2O3/c32-25-11-9-24(10-12-25)28-23-30(29-22-26(33)13-14-27(28)29)34-15-18-35(19-16-34,20-21-36)17-7-5-3-1-2-4-6-8-31(37)38/h9-14,22,28,30,36H,1-8,15-21,23H2/p+1. The van der Waals surface area contributed by atoms with Crippen molar-refractivity contribution in [1.82, 2.24) is 4.90 Å². The van der Waals surface area contributed by atoms with Crippen LogP contribution in [-0.4, -0.2) is 71.4 Å². The first-order chi connectivity index (χ1) is 18.4. The summed E-state index contributed by atoms with van der Waals surface area (Å²) in [5.74, 6) is -1.02. The van der Waals surface area contributed by atoms with Gasteiger partial charge in [-0.05, 0) is 66.6 Å². The Balaban J connectivity index is 1.30. The van der Waals surface area contributed by atoms with Crippen molar-refractivity contribution >= 4 is 5.97 Å². The molecule has 208 valence electrons. The van der Waals surface area contributed by atoms with Gasteiger partial charge in [0.05, 0.1) is 26.2 Å². The van der Waals surface area contributed by atoms with Gasteiger partial charge >= 0.3 is 5.97 Å². The zero-order chi connectivity index (χ0) is 27.0. The molecule has 1 aliphatic carbocycles. The van der Waals surface area contributed by atoms with E-state index in [1.807, 2.05) is 18.2 Å². The van der Waals surface area contributed by atoms with Crippen LogP contribution < -0.4 is 0 Å². The Labute approximate surface area is 225 Å². The summed E-state index contributed by atoms with van der Waals surface area (Å²) in [4.78, 5) is 13.1. The monoisotopic (exact) mass is 529 g/mol. The summed E-state index contributed by atoms with van der Waals surface area (Å²) in [7, 11) is 0.